The first-order valence-electron chi connectivity index (χ1n) is 4.85. The van der Waals surface area contributed by atoms with Gasteiger partial charge in [0.25, 0.3) is 0 Å². The van der Waals surface area contributed by atoms with Crippen molar-refractivity contribution in [1.82, 2.24) is 4.98 Å². The van der Waals surface area contributed by atoms with Crippen molar-refractivity contribution in [2.24, 2.45) is 0 Å². The fourth-order valence-electron chi connectivity index (χ4n) is 1.25. The second-order valence-electron chi connectivity index (χ2n) is 3.38. The highest BCUT2D eigenvalue weighted by Gasteiger charge is 2.24. The number of alkyl halides is 3. The topological polar surface area (TPSA) is 35.3 Å². The minimum absolute atomic E-state index is 0.188. The van der Waals surface area contributed by atoms with Crippen LogP contribution in [0.5, 0.6) is 5.88 Å². The summed E-state index contributed by atoms with van der Waals surface area (Å²) in [5.74, 6) is 0.924. The molecule has 0 fully saturated rings. The average molecular weight is 327 g/mol. The maximum Gasteiger partial charge on any atom is 0.216 e. The highest BCUT2D eigenvalue weighted by Crippen LogP contribution is 2.40. The number of rotatable bonds is 3. The Kier molecular flexibility index (Phi) is 4.28. The maximum atomic E-state index is 5.83. The minimum Gasteiger partial charge on any atom is -0.469 e. The molecule has 18 heavy (non-hydrogen) atoms. The molecule has 3 nitrogen and oxygen atoms in total. The molecule has 2 aromatic heterocycles. The van der Waals surface area contributed by atoms with Crippen molar-refractivity contribution in [2.75, 3.05) is 0 Å². The SMILES string of the molecule is Clc1cc(C(Cl)(Cl)Cl)cc(OCc2ccco2)n1. The number of furan rings is 1. The smallest absolute Gasteiger partial charge is 0.216 e. The molecule has 0 bridgehead atoms. The van der Waals surface area contributed by atoms with Crippen molar-refractivity contribution in [3.8, 4) is 5.88 Å². The normalized spacial score (nSPS) is 11.6. The Hall–Kier alpha value is -0.610. The standard InChI is InChI=1S/C11H7Cl4NO2/c12-9-4-7(11(13,14)15)5-10(16-9)18-6-8-2-1-3-17-8/h1-5H,6H2. The van der Waals surface area contributed by atoms with Crippen molar-refractivity contribution < 1.29 is 9.15 Å². The molecule has 0 aromatic carbocycles. The summed E-state index contributed by atoms with van der Waals surface area (Å²) in [6, 6.07) is 6.52. The van der Waals surface area contributed by atoms with Gasteiger partial charge in [0.05, 0.1) is 6.26 Å². The third-order valence-corrected chi connectivity index (χ3v) is 2.89. The van der Waals surface area contributed by atoms with E-state index >= 15 is 0 Å². The van der Waals surface area contributed by atoms with Crippen LogP contribution in [-0.2, 0) is 10.4 Å². The Morgan fingerprint density at radius 1 is 1.28 bits per heavy atom. The summed E-state index contributed by atoms with van der Waals surface area (Å²) in [5, 5.41) is 0.188. The second-order valence-corrected chi connectivity index (χ2v) is 6.05. The Balaban J connectivity index is 2.15. The van der Waals surface area contributed by atoms with E-state index in [4.69, 9.17) is 55.6 Å². The summed E-state index contributed by atoms with van der Waals surface area (Å²) in [5.41, 5.74) is 0.391. The fraction of sp³-hybridized carbons (Fsp3) is 0.182. The Morgan fingerprint density at radius 2 is 2.06 bits per heavy atom. The van der Waals surface area contributed by atoms with Crippen molar-refractivity contribution in [3.05, 3.63) is 47.0 Å². The first-order chi connectivity index (χ1) is 8.45. The monoisotopic (exact) mass is 325 g/mol. The number of nitrogens with zero attached hydrogens (tertiary/aromatic N) is 1. The van der Waals surface area contributed by atoms with Gasteiger partial charge in [0.1, 0.15) is 17.5 Å². The quantitative estimate of drug-likeness (QED) is 0.604. The molecule has 0 amide bonds. The molecule has 0 aliphatic rings. The van der Waals surface area contributed by atoms with Crippen molar-refractivity contribution in [3.63, 3.8) is 0 Å². The Bertz CT molecular complexity index is 522. The van der Waals surface area contributed by atoms with E-state index in [9.17, 15) is 0 Å². The number of hydrogen-bond acceptors (Lipinski definition) is 3. The maximum absolute atomic E-state index is 5.83. The van der Waals surface area contributed by atoms with Crippen LogP contribution in [0.4, 0.5) is 0 Å². The van der Waals surface area contributed by atoms with Gasteiger partial charge in [0, 0.05) is 11.6 Å². The van der Waals surface area contributed by atoms with Crippen molar-refractivity contribution in [2.45, 2.75) is 10.4 Å². The van der Waals surface area contributed by atoms with Crippen molar-refractivity contribution >= 4 is 46.4 Å². The molecule has 96 valence electrons. The van der Waals surface area contributed by atoms with E-state index in [1.807, 2.05) is 0 Å². The summed E-state index contributed by atoms with van der Waals surface area (Å²) in [7, 11) is 0. The van der Waals surface area contributed by atoms with E-state index in [-0.39, 0.29) is 17.6 Å². The lowest BCUT2D eigenvalue weighted by molar-refractivity contribution is 0.260. The molecule has 2 aromatic rings. The molecule has 2 rings (SSSR count). The van der Waals surface area contributed by atoms with Crippen LogP contribution in [0.3, 0.4) is 0 Å². The van der Waals surface area contributed by atoms with Crippen LogP contribution >= 0.6 is 46.4 Å². The zero-order valence-electron chi connectivity index (χ0n) is 8.87. The molecule has 2 heterocycles. The molecule has 0 aliphatic heterocycles. The predicted molar refractivity (Wildman–Crippen MR) is 71.5 cm³/mol. The summed E-state index contributed by atoms with van der Waals surface area (Å²) in [6.07, 6.45) is 1.55. The second kappa shape index (κ2) is 5.57. The molecular formula is C11H7Cl4NO2. The van der Waals surface area contributed by atoms with Gasteiger partial charge in [0.15, 0.2) is 0 Å². The third-order valence-electron chi connectivity index (χ3n) is 2.04. The molecular weight excluding hydrogens is 320 g/mol. The first kappa shape index (κ1) is 13.8. The lowest BCUT2D eigenvalue weighted by Gasteiger charge is -2.13. The molecule has 0 N–H and O–H groups in total. The van der Waals surface area contributed by atoms with Crippen LogP contribution in [0.2, 0.25) is 5.15 Å². The van der Waals surface area contributed by atoms with E-state index < -0.39 is 3.79 Å². The molecule has 7 heteroatoms. The Labute approximate surface area is 124 Å². The molecule has 0 aliphatic carbocycles. The highest BCUT2D eigenvalue weighted by atomic mass is 35.6. The van der Waals surface area contributed by atoms with E-state index in [1.165, 1.54) is 12.1 Å². The van der Waals surface area contributed by atoms with Gasteiger partial charge >= 0.3 is 0 Å². The van der Waals surface area contributed by atoms with E-state index in [0.717, 1.165) is 0 Å². The van der Waals surface area contributed by atoms with Gasteiger partial charge in [-0.25, -0.2) is 4.98 Å². The first-order valence-corrected chi connectivity index (χ1v) is 6.36. The largest absolute Gasteiger partial charge is 0.469 e. The third kappa shape index (κ3) is 3.69. The lowest BCUT2D eigenvalue weighted by atomic mass is 10.3. The number of hydrogen-bond donors (Lipinski definition) is 0. The molecule has 0 atom stereocenters. The van der Waals surface area contributed by atoms with E-state index in [0.29, 0.717) is 11.3 Å². The van der Waals surface area contributed by atoms with Gasteiger partial charge in [-0.3, -0.25) is 0 Å². The number of pyridine rings is 1. The number of ether oxygens (including phenoxy) is 1. The molecule has 0 radical (unpaired) electrons. The molecule has 0 unspecified atom stereocenters. The predicted octanol–water partition coefficient (Wildman–Crippen LogP) is 4.73. The van der Waals surface area contributed by atoms with Crippen LogP contribution in [0.1, 0.15) is 11.3 Å². The summed E-state index contributed by atoms with van der Waals surface area (Å²) < 4.78 is 8.95. The average Bonchev–Trinajstić information content (AvgIpc) is 2.77. The summed E-state index contributed by atoms with van der Waals surface area (Å²) in [4.78, 5) is 3.97. The van der Waals surface area contributed by atoms with Crippen molar-refractivity contribution in [1.29, 1.82) is 0 Å². The van der Waals surface area contributed by atoms with Crippen LogP contribution in [0.15, 0.2) is 34.9 Å². The van der Waals surface area contributed by atoms with Gasteiger partial charge in [-0.15, -0.1) is 0 Å². The molecule has 0 saturated carbocycles. The highest BCUT2D eigenvalue weighted by molar-refractivity contribution is 6.66. The van der Waals surface area contributed by atoms with Crippen LogP contribution in [-0.4, -0.2) is 4.98 Å². The zero-order valence-corrected chi connectivity index (χ0v) is 11.9. The van der Waals surface area contributed by atoms with Gasteiger partial charge < -0.3 is 9.15 Å². The zero-order chi connectivity index (χ0) is 13.2. The van der Waals surface area contributed by atoms with Crippen LogP contribution in [0, 0.1) is 0 Å². The van der Waals surface area contributed by atoms with Crippen LogP contribution < -0.4 is 4.74 Å². The van der Waals surface area contributed by atoms with Gasteiger partial charge in [-0.1, -0.05) is 46.4 Å². The van der Waals surface area contributed by atoms with Crippen LogP contribution in [0.25, 0.3) is 0 Å². The Morgan fingerprint density at radius 3 is 2.67 bits per heavy atom. The molecule has 0 saturated heterocycles. The molecule has 0 spiro atoms. The van der Waals surface area contributed by atoms with E-state index in [1.54, 1.807) is 18.4 Å². The summed E-state index contributed by atoms with van der Waals surface area (Å²) >= 11 is 23.1. The van der Waals surface area contributed by atoms with Gasteiger partial charge in [-0.05, 0) is 18.2 Å². The van der Waals surface area contributed by atoms with E-state index in [2.05, 4.69) is 4.98 Å². The fourth-order valence-corrected chi connectivity index (χ4v) is 1.78. The lowest BCUT2D eigenvalue weighted by Crippen LogP contribution is -2.03. The number of halogens is 4. The number of aromatic nitrogens is 1. The summed E-state index contributed by atoms with van der Waals surface area (Å²) in [6.45, 7) is 0.222. The van der Waals surface area contributed by atoms with Gasteiger partial charge in [-0.2, -0.15) is 0 Å². The minimum atomic E-state index is -1.57. The van der Waals surface area contributed by atoms with Gasteiger partial charge in [0.2, 0.25) is 9.67 Å².